The standard InChI is InChI=1S/C19H22Cl2N2O4S/c1-4-23(12-19(24)22-16-10-14(20)9-15(21)11-16)28(25,26)17-6-7-18(27-5-2)13(3)8-17/h6-11H,4-5,12H2,1-3H3,(H,22,24). The summed E-state index contributed by atoms with van der Waals surface area (Å²) in [6, 6.07) is 9.24. The highest BCUT2D eigenvalue weighted by Crippen LogP contribution is 2.25. The lowest BCUT2D eigenvalue weighted by molar-refractivity contribution is -0.116. The second-order valence-electron chi connectivity index (χ2n) is 6.00. The van der Waals surface area contributed by atoms with Gasteiger partial charge in [0.25, 0.3) is 0 Å². The fourth-order valence-electron chi connectivity index (χ4n) is 2.60. The van der Waals surface area contributed by atoms with Crippen LogP contribution >= 0.6 is 23.2 Å². The maximum absolute atomic E-state index is 12.9. The molecule has 9 heteroatoms. The molecule has 0 spiro atoms. The summed E-state index contributed by atoms with van der Waals surface area (Å²) in [5.41, 5.74) is 1.10. The smallest absolute Gasteiger partial charge is 0.243 e. The highest BCUT2D eigenvalue weighted by atomic mass is 35.5. The average Bonchev–Trinajstić information content (AvgIpc) is 2.60. The van der Waals surface area contributed by atoms with E-state index in [4.69, 9.17) is 27.9 Å². The van der Waals surface area contributed by atoms with E-state index >= 15 is 0 Å². The Balaban J connectivity index is 2.18. The molecule has 1 N–H and O–H groups in total. The molecule has 152 valence electrons. The van der Waals surface area contributed by atoms with Crippen LogP contribution in [0.3, 0.4) is 0 Å². The Hall–Kier alpha value is -1.80. The number of nitrogens with one attached hydrogen (secondary N) is 1. The molecule has 28 heavy (non-hydrogen) atoms. The third-order valence-electron chi connectivity index (χ3n) is 3.90. The number of rotatable bonds is 8. The molecule has 6 nitrogen and oxygen atoms in total. The molecule has 0 saturated heterocycles. The van der Waals surface area contributed by atoms with Crippen molar-refractivity contribution in [2.24, 2.45) is 0 Å². The minimum Gasteiger partial charge on any atom is -0.494 e. The van der Waals surface area contributed by atoms with E-state index in [1.165, 1.54) is 30.3 Å². The normalized spacial score (nSPS) is 11.5. The first kappa shape index (κ1) is 22.5. The van der Waals surface area contributed by atoms with Crippen molar-refractivity contribution in [1.82, 2.24) is 4.31 Å². The number of halogens is 2. The van der Waals surface area contributed by atoms with Gasteiger partial charge in [-0.1, -0.05) is 30.1 Å². The van der Waals surface area contributed by atoms with E-state index in [0.717, 1.165) is 4.31 Å². The van der Waals surface area contributed by atoms with E-state index in [9.17, 15) is 13.2 Å². The Kier molecular flexibility index (Phi) is 7.71. The number of nitrogens with zero attached hydrogens (tertiary/aromatic N) is 1. The summed E-state index contributed by atoms with van der Waals surface area (Å²) in [5, 5.41) is 3.35. The zero-order chi connectivity index (χ0) is 20.9. The van der Waals surface area contributed by atoms with Crippen molar-refractivity contribution >= 4 is 44.8 Å². The van der Waals surface area contributed by atoms with Gasteiger partial charge in [-0.05, 0) is 55.8 Å². The number of hydrogen-bond donors (Lipinski definition) is 1. The lowest BCUT2D eigenvalue weighted by Crippen LogP contribution is -2.37. The van der Waals surface area contributed by atoms with Crippen molar-refractivity contribution in [3.8, 4) is 5.75 Å². The minimum atomic E-state index is -3.84. The monoisotopic (exact) mass is 444 g/mol. The van der Waals surface area contributed by atoms with Crippen LogP contribution in [0.1, 0.15) is 19.4 Å². The molecule has 0 unspecified atom stereocenters. The predicted octanol–water partition coefficient (Wildman–Crippen LogP) is 4.35. The molecule has 0 atom stereocenters. The molecule has 0 heterocycles. The SMILES string of the molecule is CCOc1ccc(S(=O)(=O)N(CC)CC(=O)Nc2cc(Cl)cc(Cl)c2)cc1C. The number of amides is 1. The minimum absolute atomic E-state index is 0.105. The molecule has 0 bridgehead atoms. The molecular weight excluding hydrogens is 423 g/mol. The summed E-state index contributed by atoms with van der Waals surface area (Å²) in [5.74, 6) is 0.131. The second-order valence-corrected chi connectivity index (χ2v) is 8.81. The first-order valence-corrected chi connectivity index (χ1v) is 10.9. The fraction of sp³-hybridized carbons (Fsp3) is 0.316. The number of aryl methyl sites for hydroxylation is 1. The number of carbonyl (C=O) groups is 1. The number of benzene rings is 2. The van der Waals surface area contributed by atoms with Crippen LogP contribution in [-0.4, -0.2) is 38.3 Å². The molecule has 2 rings (SSSR count). The Morgan fingerprint density at radius 1 is 1.11 bits per heavy atom. The van der Waals surface area contributed by atoms with E-state index in [-0.39, 0.29) is 18.0 Å². The van der Waals surface area contributed by atoms with Gasteiger partial charge in [-0.15, -0.1) is 0 Å². The van der Waals surface area contributed by atoms with Gasteiger partial charge in [0.1, 0.15) is 5.75 Å². The number of ether oxygens (including phenoxy) is 1. The second kappa shape index (κ2) is 9.60. The maximum atomic E-state index is 12.9. The highest BCUT2D eigenvalue weighted by Gasteiger charge is 2.26. The van der Waals surface area contributed by atoms with Crippen LogP contribution < -0.4 is 10.1 Å². The quantitative estimate of drug-likeness (QED) is 0.656. The van der Waals surface area contributed by atoms with Crippen molar-refractivity contribution in [2.45, 2.75) is 25.7 Å². The van der Waals surface area contributed by atoms with Crippen LogP contribution in [-0.2, 0) is 14.8 Å². The molecule has 0 saturated carbocycles. The van der Waals surface area contributed by atoms with E-state index in [1.807, 2.05) is 6.92 Å². The van der Waals surface area contributed by atoms with Gasteiger partial charge >= 0.3 is 0 Å². The van der Waals surface area contributed by atoms with Gasteiger partial charge in [0.15, 0.2) is 0 Å². The lowest BCUT2D eigenvalue weighted by Gasteiger charge is -2.21. The average molecular weight is 445 g/mol. The largest absolute Gasteiger partial charge is 0.494 e. The van der Waals surface area contributed by atoms with Crippen molar-refractivity contribution in [2.75, 3.05) is 25.0 Å². The van der Waals surface area contributed by atoms with E-state index in [0.29, 0.717) is 33.7 Å². The molecule has 1 amide bonds. The summed E-state index contributed by atoms with van der Waals surface area (Å²) in [4.78, 5) is 12.5. The zero-order valence-electron chi connectivity index (χ0n) is 15.8. The van der Waals surface area contributed by atoms with Gasteiger partial charge in [0.05, 0.1) is 18.0 Å². The molecular formula is C19H22Cl2N2O4S. The number of sulfonamides is 1. The summed E-state index contributed by atoms with van der Waals surface area (Å²) >= 11 is 11.8. The topological polar surface area (TPSA) is 75.7 Å². The van der Waals surface area contributed by atoms with Gasteiger partial charge in [-0.2, -0.15) is 4.31 Å². The van der Waals surface area contributed by atoms with Gasteiger partial charge < -0.3 is 10.1 Å². The maximum Gasteiger partial charge on any atom is 0.243 e. The lowest BCUT2D eigenvalue weighted by atomic mass is 10.2. The Morgan fingerprint density at radius 3 is 2.29 bits per heavy atom. The van der Waals surface area contributed by atoms with Gasteiger partial charge in [0, 0.05) is 22.3 Å². The van der Waals surface area contributed by atoms with Crippen LogP contribution in [0.25, 0.3) is 0 Å². The number of carbonyl (C=O) groups excluding carboxylic acids is 1. The summed E-state index contributed by atoms with van der Waals surface area (Å²) < 4.78 is 32.4. The number of anilines is 1. The van der Waals surface area contributed by atoms with Crippen LogP contribution in [0, 0.1) is 6.92 Å². The molecule has 2 aromatic carbocycles. The molecule has 0 aromatic heterocycles. The van der Waals surface area contributed by atoms with Gasteiger partial charge in [0.2, 0.25) is 15.9 Å². The van der Waals surface area contributed by atoms with Crippen LogP contribution in [0.2, 0.25) is 10.0 Å². The van der Waals surface area contributed by atoms with Crippen LogP contribution in [0.5, 0.6) is 5.75 Å². The molecule has 0 aliphatic heterocycles. The summed E-state index contributed by atoms with van der Waals surface area (Å²) in [6.45, 7) is 5.59. The Bertz CT molecular complexity index is 944. The number of hydrogen-bond acceptors (Lipinski definition) is 4. The predicted molar refractivity (Wildman–Crippen MR) is 112 cm³/mol. The molecule has 0 radical (unpaired) electrons. The molecule has 0 aliphatic rings. The fourth-order valence-corrected chi connectivity index (χ4v) is 4.62. The number of likely N-dealkylation sites (N-methyl/N-ethyl adjacent to an activating group) is 1. The summed E-state index contributed by atoms with van der Waals surface area (Å²) in [6.07, 6.45) is 0. The Morgan fingerprint density at radius 2 is 1.75 bits per heavy atom. The van der Waals surface area contributed by atoms with Crippen molar-refractivity contribution < 1.29 is 17.9 Å². The third-order valence-corrected chi connectivity index (χ3v) is 6.26. The molecule has 0 fully saturated rings. The zero-order valence-corrected chi connectivity index (χ0v) is 18.2. The molecule has 0 aliphatic carbocycles. The van der Waals surface area contributed by atoms with Crippen LogP contribution in [0.15, 0.2) is 41.3 Å². The van der Waals surface area contributed by atoms with Crippen molar-refractivity contribution in [3.63, 3.8) is 0 Å². The van der Waals surface area contributed by atoms with Gasteiger partial charge in [-0.3, -0.25) is 4.79 Å². The van der Waals surface area contributed by atoms with E-state index in [2.05, 4.69) is 5.32 Å². The first-order chi connectivity index (χ1) is 13.2. The summed E-state index contributed by atoms with van der Waals surface area (Å²) in [7, 11) is -3.84. The van der Waals surface area contributed by atoms with Crippen LogP contribution in [0.4, 0.5) is 5.69 Å². The van der Waals surface area contributed by atoms with E-state index < -0.39 is 15.9 Å². The van der Waals surface area contributed by atoms with Crippen molar-refractivity contribution in [3.05, 3.63) is 52.0 Å². The van der Waals surface area contributed by atoms with E-state index in [1.54, 1.807) is 19.9 Å². The molecule has 2 aromatic rings. The Labute approximate surface area is 175 Å². The van der Waals surface area contributed by atoms with Gasteiger partial charge in [-0.25, -0.2) is 8.42 Å². The third kappa shape index (κ3) is 5.61. The first-order valence-electron chi connectivity index (χ1n) is 8.67. The van der Waals surface area contributed by atoms with Crippen molar-refractivity contribution in [1.29, 1.82) is 0 Å². The highest BCUT2D eigenvalue weighted by molar-refractivity contribution is 7.89.